The summed E-state index contributed by atoms with van der Waals surface area (Å²) in [5.41, 5.74) is 24.6. The molecule has 80 heavy (non-hydrogen) atoms. The largest absolute Gasteiger partial charge is 0.278 e. The molecule has 0 saturated carbocycles. The van der Waals surface area contributed by atoms with Gasteiger partial charge in [-0.2, -0.15) is 15.0 Å². The van der Waals surface area contributed by atoms with Gasteiger partial charge in [0.2, 0.25) is 11.9 Å². The van der Waals surface area contributed by atoms with E-state index in [-0.39, 0.29) is 10.8 Å². The molecule has 2 aliphatic carbocycles. The van der Waals surface area contributed by atoms with Crippen LogP contribution in [0.1, 0.15) is 49.9 Å². The Morgan fingerprint density at radius 2 is 0.625 bits per heavy atom. The van der Waals surface area contributed by atoms with E-state index in [2.05, 4.69) is 286 Å². The van der Waals surface area contributed by atoms with Gasteiger partial charge in [-0.05, 0) is 150 Å². The number of para-hydroxylation sites is 2. The average Bonchev–Trinajstić information content (AvgIpc) is 4.26. The number of hydrogen-bond acceptors (Lipinski definition) is 3. The van der Waals surface area contributed by atoms with Crippen LogP contribution in [0.3, 0.4) is 0 Å². The highest BCUT2D eigenvalue weighted by molar-refractivity contribution is 6.12. The summed E-state index contributed by atoms with van der Waals surface area (Å²) in [5, 5.41) is 4.51. The van der Waals surface area contributed by atoms with E-state index in [4.69, 9.17) is 15.0 Å². The summed E-state index contributed by atoms with van der Waals surface area (Å²) in [7, 11) is 0. The normalized spacial score (nSPS) is 13.7. The van der Waals surface area contributed by atoms with Crippen LogP contribution in [-0.2, 0) is 10.8 Å². The third-order valence-electron chi connectivity index (χ3n) is 17.6. The maximum atomic E-state index is 5.63. The van der Waals surface area contributed by atoms with Crippen molar-refractivity contribution >= 4 is 43.6 Å². The van der Waals surface area contributed by atoms with E-state index in [1.165, 1.54) is 55.6 Å². The summed E-state index contributed by atoms with van der Waals surface area (Å²) in [6.45, 7) is 9.40. The third kappa shape index (κ3) is 6.86. The maximum Gasteiger partial charge on any atom is 0.240 e. The molecule has 0 amide bonds. The van der Waals surface area contributed by atoms with Crippen LogP contribution in [0.25, 0.3) is 134 Å². The Morgan fingerprint density at radius 3 is 1.14 bits per heavy atom. The molecule has 378 valence electrons. The van der Waals surface area contributed by atoms with Crippen LogP contribution < -0.4 is 0 Å². The minimum absolute atomic E-state index is 0.107. The van der Waals surface area contributed by atoms with Gasteiger partial charge in [0.25, 0.3) is 0 Å². The van der Waals surface area contributed by atoms with Crippen LogP contribution in [0.15, 0.2) is 249 Å². The average molecular weight is 1020 g/mol. The number of hydrogen-bond donors (Lipinski definition) is 0. The number of rotatable bonds is 7. The van der Waals surface area contributed by atoms with E-state index >= 15 is 0 Å². The van der Waals surface area contributed by atoms with Crippen molar-refractivity contribution in [1.29, 1.82) is 0 Å². The molecule has 0 atom stereocenters. The molecule has 0 saturated heterocycles. The highest BCUT2D eigenvalue weighted by atomic mass is 15.3. The van der Waals surface area contributed by atoms with Gasteiger partial charge in [0.15, 0.2) is 5.82 Å². The first-order valence-corrected chi connectivity index (χ1v) is 27.8. The van der Waals surface area contributed by atoms with Gasteiger partial charge in [0, 0.05) is 37.9 Å². The highest BCUT2D eigenvalue weighted by Crippen LogP contribution is 2.52. The molecule has 0 spiro atoms. The van der Waals surface area contributed by atoms with Crippen molar-refractivity contribution in [2.24, 2.45) is 0 Å². The molecule has 11 aromatic carbocycles. The topological polar surface area (TPSA) is 48.5 Å². The predicted octanol–water partition coefficient (Wildman–Crippen LogP) is 19.0. The first-order valence-electron chi connectivity index (χ1n) is 27.8. The zero-order chi connectivity index (χ0) is 53.4. The monoisotopic (exact) mass is 1020 g/mol. The minimum atomic E-state index is -0.107. The van der Waals surface area contributed by atoms with E-state index in [1.807, 2.05) is 0 Å². The highest BCUT2D eigenvalue weighted by Gasteiger charge is 2.37. The smallest absolute Gasteiger partial charge is 0.240 e. The van der Waals surface area contributed by atoms with Crippen LogP contribution in [0.4, 0.5) is 0 Å². The van der Waals surface area contributed by atoms with Crippen molar-refractivity contribution in [1.82, 2.24) is 24.1 Å². The van der Waals surface area contributed by atoms with Crippen molar-refractivity contribution in [2.75, 3.05) is 0 Å². The summed E-state index contributed by atoms with van der Waals surface area (Å²) in [6.07, 6.45) is 0. The molecule has 0 N–H and O–H groups in total. The molecule has 5 nitrogen and oxygen atoms in total. The second-order valence-corrected chi connectivity index (χ2v) is 22.8. The zero-order valence-electron chi connectivity index (χ0n) is 44.9. The Labute approximate surface area is 464 Å². The van der Waals surface area contributed by atoms with Gasteiger partial charge in [-0.25, -0.2) is 0 Å². The van der Waals surface area contributed by atoms with Crippen LogP contribution >= 0.6 is 0 Å². The molecule has 0 fully saturated rings. The van der Waals surface area contributed by atoms with E-state index in [9.17, 15) is 0 Å². The number of fused-ring (bicyclic) bond motifs is 12. The first kappa shape index (κ1) is 46.2. The van der Waals surface area contributed by atoms with Gasteiger partial charge in [-0.1, -0.05) is 216 Å². The predicted molar refractivity (Wildman–Crippen MR) is 331 cm³/mol. The lowest BCUT2D eigenvalue weighted by Crippen LogP contribution is -2.14. The van der Waals surface area contributed by atoms with E-state index < -0.39 is 0 Å². The van der Waals surface area contributed by atoms with Gasteiger partial charge < -0.3 is 0 Å². The van der Waals surface area contributed by atoms with Crippen molar-refractivity contribution in [3.8, 4) is 90.0 Å². The van der Waals surface area contributed by atoms with E-state index in [0.717, 1.165) is 82.6 Å². The molecule has 3 aromatic heterocycles. The molecule has 14 aromatic rings. The first-order chi connectivity index (χ1) is 39.2. The molecule has 16 rings (SSSR count). The summed E-state index contributed by atoms with van der Waals surface area (Å²) in [4.78, 5) is 16.8. The fourth-order valence-electron chi connectivity index (χ4n) is 13.6. The summed E-state index contributed by atoms with van der Waals surface area (Å²) in [6, 6.07) is 90.7. The van der Waals surface area contributed by atoms with Gasteiger partial charge in [0.1, 0.15) is 0 Å². The lowest BCUT2D eigenvalue weighted by atomic mass is 9.81. The second kappa shape index (κ2) is 17.3. The van der Waals surface area contributed by atoms with E-state index in [1.54, 1.807) is 0 Å². The van der Waals surface area contributed by atoms with Gasteiger partial charge in [-0.3, -0.25) is 9.13 Å². The summed E-state index contributed by atoms with van der Waals surface area (Å²) < 4.78 is 4.48. The fourth-order valence-corrected chi connectivity index (χ4v) is 13.6. The van der Waals surface area contributed by atoms with Crippen LogP contribution in [-0.4, -0.2) is 24.1 Å². The molecular weight excluding hydrogens is 971 g/mol. The van der Waals surface area contributed by atoms with Gasteiger partial charge >= 0.3 is 0 Å². The molecule has 0 aliphatic heterocycles. The Kier molecular flexibility index (Phi) is 9.96. The number of nitrogens with zero attached hydrogens (tertiary/aromatic N) is 5. The molecular formula is C75H53N5. The maximum absolute atomic E-state index is 5.63. The minimum Gasteiger partial charge on any atom is -0.278 e. The Morgan fingerprint density at radius 1 is 0.250 bits per heavy atom. The lowest BCUT2D eigenvalue weighted by molar-refractivity contribution is 0.660. The fraction of sp³-hybridized carbons (Fsp3) is 0.0800. The Hall–Kier alpha value is -9.97. The third-order valence-corrected chi connectivity index (χ3v) is 17.6. The van der Waals surface area contributed by atoms with Crippen molar-refractivity contribution in [2.45, 2.75) is 38.5 Å². The molecule has 3 heterocycles. The number of benzene rings is 11. The van der Waals surface area contributed by atoms with Gasteiger partial charge in [0.05, 0.1) is 22.1 Å². The summed E-state index contributed by atoms with van der Waals surface area (Å²) in [5.74, 6) is 1.66. The standard InChI is InChI=1S/C75H53N5/c1-74(2)63-27-15-11-23-53(63)55-36-31-51(44-65(55)74)49-34-39-69-61(42-49)57-25-13-17-29-67(57)79(69)72-76-71(59-38-33-48(46-19-7-5-8-20-46)41-60(59)47-21-9-6-10-22-47)77-73(78-72)80-68-30-18-14-26-58(68)62-43-50(35-40-70(62)80)52-32-37-56-54-24-12-16-28-64(54)75(3,4)66(56)45-52/h5-45H,1-4H3. The Bertz CT molecular complexity index is 4640. The second-order valence-electron chi connectivity index (χ2n) is 22.8. The van der Waals surface area contributed by atoms with Crippen molar-refractivity contribution in [3.05, 3.63) is 271 Å². The number of aromatic nitrogens is 5. The van der Waals surface area contributed by atoms with Crippen LogP contribution in [0, 0.1) is 0 Å². The van der Waals surface area contributed by atoms with Gasteiger partial charge in [-0.15, -0.1) is 0 Å². The van der Waals surface area contributed by atoms with Crippen molar-refractivity contribution in [3.63, 3.8) is 0 Å². The van der Waals surface area contributed by atoms with Crippen LogP contribution in [0.5, 0.6) is 0 Å². The quantitative estimate of drug-likeness (QED) is 0.160. The molecule has 5 heteroatoms. The SMILES string of the molecule is CC1(C)c2ccccc2-c2ccc(-c3ccc4c(c3)c3ccccc3n4-c3nc(-c4ccc(-c5ccccc5)cc4-c4ccccc4)nc(-n4c5ccccc5c5cc(-c6ccc7c(c6)C(C)(C)c6ccccc6-7)ccc54)n3)cc21. The van der Waals surface area contributed by atoms with Crippen LogP contribution in [0.2, 0.25) is 0 Å². The lowest BCUT2D eigenvalue weighted by Gasteiger charge is -2.22. The Balaban J connectivity index is 0.910. The molecule has 0 unspecified atom stereocenters. The van der Waals surface area contributed by atoms with E-state index in [0.29, 0.717) is 17.7 Å². The van der Waals surface area contributed by atoms with Crippen molar-refractivity contribution < 1.29 is 0 Å². The molecule has 0 bridgehead atoms. The molecule has 2 aliphatic rings. The summed E-state index contributed by atoms with van der Waals surface area (Å²) >= 11 is 0. The zero-order valence-corrected chi connectivity index (χ0v) is 44.9. The molecule has 0 radical (unpaired) electrons.